The highest BCUT2D eigenvalue weighted by atomic mass is 19.4. The van der Waals surface area contributed by atoms with Gasteiger partial charge in [-0.25, -0.2) is 0 Å². The first-order valence-electron chi connectivity index (χ1n) is 6.52. The Hall–Kier alpha value is -1.31. The number of alkyl halides is 7. The highest BCUT2D eigenvalue weighted by Crippen LogP contribution is 2.49. The van der Waals surface area contributed by atoms with Crippen LogP contribution in [0.3, 0.4) is 0 Å². The van der Waals surface area contributed by atoms with E-state index in [0.717, 1.165) is 0 Å². The molecule has 1 atom stereocenters. The molecule has 0 spiro atoms. The van der Waals surface area contributed by atoms with E-state index in [1.165, 1.54) is 18.2 Å². The molecular weight excluding hydrogens is 317 g/mol. The Morgan fingerprint density at radius 3 is 2.05 bits per heavy atom. The Labute approximate surface area is 122 Å². The molecule has 1 aromatic carbocycles. The topological polar surface area (TPSA) is 20.2 Å². The van der Waals surface area contributed by atoms with E-state index >= 15 is 0 Å². The third-order valence-corrected chi connectivity index (χ3v) is 3.20. The molecule has 0 bridgehead atoms. The monoisotopic (exact) mass is 332 g/mol. The Bertz CT molecular complexity index is 496. The van der Waals surface area contributed by atoms with Crippen LogP contribution in [0.2, 0.25) is 0 Å². The molecule has 22 heavy (non-hydrogen) atoms. The Morgan fingerprint density at radius 1 is 1.00 bits per heavy atom. The van der Waals surface area contributed by atoms with Gasteiger partial charge in [-0.1, -0.05) is 37.6 Å². The molecule has 0 aliphatic heterocycles. The number of halogens is 7. The van der Waals surface area contributed by atoms with Crippen LogP contribution in [-0.2, 0) is 6.42 Å². The van der Waals surface area contributed by atoms with Gasteiger partial charge in [-0.2, -0.15) is 30.7 Å². The second-order valence-electron chi connectivity index (χ2n) is 4.95. The normalized spacial score (nSPS) is 15.0. The third-order valence-electron chi connectivity index (χ3n) is 3.20. The van der Waals surface area contributed by atoms with Crippen LogP contribution in [0.5, 0.6) is 0 Å². The third kappa shape index (κ3) is 3.71. The predicted molar refractivity (Wildman–Crippen MR) is 66.0 cm³/mol. The minimum Gasteiger partial charge on any atom is -0.388 e. The van der Waals surface area contributed by atoms with Gasteiger partial charge in [0.2, 0.25) is 0 Å². The van der Waals surface area contributed by atoms with Crippen molar-refractivity contribution in [2.24, 2.45) is 0 Å². The molecule has 0 fully saturated rings. The molecule has 8 heteroatoms. The molecule has 0 saturated carbocycles. The number of hydrogen-bond acceptors (Lipinski definition) is 1. The lowest BCUT2D eigenvalue weighted by atomic mass is 9.93. The lowest BCUT2D eigenvalue weighted by molar-refractivity contribution is -0.358. The summed E-state index contributed by atoms with van der Waals surface area (Å²) in [6.45, 7) is 1.77. The minimum atomic E-state index is -6.39. The van der Waals surface area contributed by atoms with Crippen LogP contribution in [0.4, 0.5) is 30.7 Å². The SMILES string of the molecule is CCCc1ccccc1C(O)CC(F)(F)C(F)(F)C(F)(F)F. The van der Waals surface area contributed by atoms with Crippen molar-refractivity contribution in [2.75, 3.05) is 0 Å². The molecule has 1 N–H and O–H groups in total. The molecule has 0 amide bonds. The Kier molecular flexibility index (Phi) is 5.48. The highest BCUT2D eigenvalue weighted by Gasteiger charge is 2.72. The molecule has 1 nitrogen and oxygen atoms in total. The molecule has 1 rings (SSSR count). The van der Waals surface area contributed by atoms with E-state index < -0.39 is 30.5 Å². The molecule has 0 aromatic heterocycles. The fourth-order valence-electron chi connectivity index (χ4n) is 2.04. The maximum Gasteiger partial charge on any atom is 0.459 e. The van der Waals surface area contributed by atoms with Gasteiger partial charge in [0, 0.05) is 6.42 Å². The van der Waals surface area contributed by atoms with Crippen molar-refractivity contribution in [3.8, 4) is 0 Å². The first-order valence-corrected chi connectivity index (χ1v) is 6.52. The van der Waals surface area contributed by atoms with E-state index in [1.807, 2.05) is 0 Å². The quantitative estimate of drug-likeness (QED) is 0.735. The molecule has 0 aliphatic rings. The zero-order chi connectivity index (χ0) is 17.2. The minimum absolute atomic E-state index is 0.0676. The van der Waals surface area contributed by atoms with Crippen LogP contribution in [0.15, 0.2) is 24.3 Å². The number of aliphatic hydroxyl groups excluding tert-OH is 1. The predicted octanol–water partition coefficient (Wildman–Crippen LogP) is 4.90. The Balaban J connectivity index is 3.04. The van der Waals surface area contributed by atoms with Crippen LogP contribution in [0.25, 0.3) is 0 Å². The second-order valence-corrected chi connectivity index (χ2v) is 4.95. The van der Waals surface area contributed by atoms with Crippen LogP contribution in [-0.4, -0.2) is 23.1 Å². The van der Waals surface area contributed by atoms with Crippen LogP contribution in [0.1, 0.15) is 37.0 Å². The number of aryl methyl sites for hydroxylation is 1. The molecule has 0 heterocycles. The van der Waals surface area contributed by atoms with E-state index in [-0.39, 0.29) is 5.56 Å². The highest BCUT2D eigenvalue weighted by molar-refractivity contribution is 5.29. The summed E-state index contributed by atoms with van der Waals surface area (Å²) in [6, 6.07) is 5.68. The largest absolute Gasteiger partial charge is 0.459 e. The summed E-state index contributed by atoms with van der Waals surface area (Å²) in [7, 11) is 0. The average molecular weight is 332 g/mol. The van der Waals surface area contributed by atoms with Gasteiger partial charge in [0.25, 0.3) is 0 Å². The fourth-order valence-corrected chi connectivity index (χ4v) is 2.04. The number of aliphatic hydroxyl groups is 1. The van der Waals surface area contributed by atoms with Gasteiger partial charge in [-0.05, 0) is 17.5 Å². The molecule has 0 saturated heterocycles. The van der Waals surface area contributed by atoms with E-state index in [9.17, 15) is 35.8 Å². The van der Waals surface area contributed by atoms with Gasteiger partial charge in [0.1, 0.15) is 0 Å². The van der Waals surface area contributed by atoms with Crippen molar-refractivity contribution in [1.82, 2.24) is 0 Å². The standard InChI is InChI=1S/C14H15F7O/c1-2-5-9-6-3-4-7-10(9)11(22)8-12(15,16)13(17,18)14(19,20)21/h3-4,6-7,11,22H,2,5,8H2,1H3. The summed E-state index contributed by atoms with van der Waals surface area (Å²) >= 11 is 0. The maximum atomic E-state index is 13.3. The van der Waals surface area contributed by atoms with E-state index in [0.29, 0.717) is 18.4 Å². The Morgan fingerprint density at radius 2 is 1.55 bits per heavy atom. The summed E-state index contributed by atoms with van der Waals surface area (Å²) < 4.78 is 88.5. The van der Waals surface area contributed by atoms with Gasteiger partial charge < -0.3 is 5.11 Å². The summed E-state index contributed by atoms with van der Waals surface area (Å²) in [4.78, 5) is 0. The number of rotatable bonds is 6. The zero-order valence-electron chi connectivity index (χ0n) is 11.6. The molecule has 126 valence electrons. The van der Waals surface area contributed by atoms with Crippen molar-refractivity contribution in [1.29, 1.82) is 0 Å². The first-order chi connectivity index (χ1) is 9.94. The van der Waals surface area contributed by atoms with E-state index in [4.69, 9.17) is 0 Å². The maximum absolute atomic E-state index is 13.3. The lowest BCUT2D eigenvalue weighted by Crippen LogP contribution is -2.52. The summed E-state index contributed by atoms with van der Waals surface area (Å²) in [5.74, 6) is -11.6. The van der Waals surface area contributed by atoms with Crippen LogP contribution < -0.4 is 0 Å². The molecule has 0 radical (unpaired) electrons. The smallest absolute Gasteiger partial charge is 0.388 e. The number of benzene rings is 1. The molecule has 0 aliphatic carbocycles. The zero-order valence-corrected chi connectivity index (χ0v) is 11.6. The summed E-state index contributed by atoms with van der Waals surface area (Å²) in [5.41, 5.74) is 0.366. The summed E-state index contributed by atoms with van der Waals surface area (Å²) in [6.07, 6.45) is -9.54. The fraction of sp³-hybridized carbons (Fsp3) is 0.571. The van der Waals surface area contributed by atoms with Crippen molar-refractivity contribution in [3.63, 3.8) is 0 Å². The van der Waals surface area contributed by atoms with Crippen LogP contribution in [0, 0.1) is 0 Å². The molecule has 1 aromatic rings. The average Bonchev–Trinajstić information content (AvgIpc) is 2.37. The van der Waals surface area contributed by atoms with Crippen molar-refractivity contribution >= 4 is 0 Å². The number of hydrogen-bond donors (Lipinski definition) is 1. The van der Waals surface area contributed by atoms with E-state index in [2.05, 4.69) is 0 Å². The van der Waals surface area contributed by atoms with Crippen molar-refractivity contribution in [3.05, 3.63) is 35.4 Å². The van der Waals surface area contributed by atoms with Crippen molar-refractivity contribution < 1.29 is 35.8 Å². The summed E-state index contributed by atoms with van der Waals surface area (Å²) in [5, 5.41) is 9.71. The molecular formula is C14H15F7O. The van der Waals surface area contributed by atoms with Gasteiger partial charge in [0.05, 0.1) is 6.10 Å². The van der Waals surface area contributed by atoms with Gasteiger partial charge in [0.15, 0.2) is 0 Å². The van der Waals surface area contributed by atoms with Gasteiger partial charge in [-0.3, -0.25) is 0 Å². The van der Waals surface area contributed by atoms with E-state index in [1.54, 1.807) is 13.0 Å². The second kappa shape index (κ2) is 6.44. The van der Waals surface area contributed by atoms with Gasteiger partial charge >= 0.3 is 18.0 Å². The van der Waals surface area contributed by atoms with Crippen molar-refractivity contribution in [2.45, 2.75) is 50.3 Å². The first kappa shape index (κ1) is 18.7. The lowest BCUT2D eigenvalue weighted by Gasteiger charge is -2.30. The molecule has 1 unspecified atom stereocenters. The van der Waals surface area contributed by atoms with Crippen LogP contribution >= 0.6 is 0 Å². The van der Waals surface area contributed by atoms with Gasteiger partial charge in [-0.15, -0.1) is 0 Å².